The average Bonchev–Trinajstić information content (AvgIpc) is 2.80. The van der Waals surface area contributed by atoms with E-state index < -0.39 is 17.2 Å². The number of likely N-dealkylation sites (tertiary alicyclic amines) is 1. The SMILES string of the molecule is CN=C(NCCCN1CCCCCC1)NCC(C)(C)NC(=O)OC(C)(C)C.I. The van der Waals surface area contributed by atoms with Gasteiger partial charge < -0.3 is 25.6 Å². The van der Waals surface area contributed by atoms with Crippen molar-refractivity contribution >= 4 is 36.0 Å². The Labute approximate surface area is 188 Å². The van der Waals surface area contributed by atoms with Crippen molar-refractivity contribution in [3.63, 3.8) is 0 Å². The number of hydrogen-bond donors (Lipinski definition) is 3. The first-order chi connectivity index (χ1) is 12.6. The Bertz CT molecular complexity index is 470. The van der Waals surface area contributed by atoms with Gasteiger partial charge in [0, 0.05) is 20.1 Å². The summed E-state index contributed by atoms with van der Waals surface area (Å²) >= 11 is 0. The third-order valence-electron chi connectivity index (χ3n) is 4.40. The summed E-state index contributed by atoms with van der Waals surface area (Å²) in [6, 6.07) is 0. The lowest BCUT2D eigenvalue weighted by atomic mass is 10.1. The van der Waals surface area contributed by atoms with Crippen LogP contribution in [0.25, 0.3) is 0 Å². The number of amides is 1. The molecule has 0 saturated carbocycles. The first kappa shape index (κ1) is 27.2. The normalized spacial score (nSPS) is 16.6. The minimum absolute atomic E-state index is 0. The van der Waals surface area contributed by atoms with Gasteiger partial charge in [-0.3, -0.25) is 4.99 Å². The Kier molecular flexibility index (Phi) is 13.1. The Morgan fingerprint density at radius 3 is 2.18 bits per heavy atom. The van der Waals surface area contributed by atoms with Crippen molar-refractivity contribution in [2.24, 2.45) is 4.99 Å². The van der Waals surface area contributed by atoms with Gasteiger partial charge in [0.15, 0.2) is 5.96 Å². The second-order valence-corrected chi connectivity index (χ2v) is 8.97. The molecule has 1 amide bonds. The van der Waals surface area contributed by atoms with E-state index in [0.29, 0.717) is 6.54 Å². The lowest BCUT2D eigenvalue weighted by Crippen LogP contribution is -2.54. The molecule has 1 fully saturated rings. The summed E-state index contributed by atoms with van der Waals surface area (Å²) in [5.41, 5.74) is -0.954. The topological polar surface area (TPSA) is 78.0 Å². The number of ether oxygens (including phenoxy) is 1. The fraction of sp³-hybridized carbons (Fsp3) is 0.900. The number of carbonyl (C=O) groups excluding carboxylic acids is 1. The standard InChI is InChI=1S/C20H41N5O2.HI/c1-19(2,3)27-18(26)24-20(4,5)16-23-17(21-6)22-12-11-15-25-13-9-7-8-10-14-25;/h7-16H2,1-6H3,(H,24,26)(H2,21,22,23);1H. The van der Waals surface area contributed by atoms with Crippen molar-refractivity contribution in [2.45, 2.75) is 77.9 Å². The third-order valence-corrected chi connectivity index (χ3v) is 4.40. The number of nitrogens with zero attached hydrogens (tertiary/aromatic N) is 2. The zero-order valence-electron chi connectivity index (χ0n) is 18.7. The number of alkyl carbamates (subject to hydrolysis) is 1. The maximum absolute atomic E-state index is 12.0. The van der Waals surface area contributed by atoms with Gasteiger partial charge in [0.05, 0.1) is 5.54 Å². The molecule has 1 aliphatic rings. The van der Waals surface area contributed by atoms with Crippen LogP contribution in [0.1, 0.15) is 66.7 Å². The van der Waals surface area contributed by atoms with E-state index in [1.807, 2.05) is 34.6 Å². The van der Waals surface area contributed by atoms with Crippen LogP contribution in [0.4, 0.5) is 4.79 Å². The maximum atomic E-state index is 12.0. The third kappa shape index (κ3) is 13.4. The molecule has 0 aliphatic carbocycles. The zero-order valence-corrected chi connectivity index (χ0v) is 21.0. The fourth-order valence-corrected chi connectivity index (χ4v) is 3.02. The first-order valence-electron chi connectivity index (χ1n) is 10.3. The van der Waals surface area contributed by atoms with Crippen LogP contribution >= 0.6 is 24.0 Å². The fourth-order valence-electron chi connectivity index (χ4n) is 3.02. The molecule has 28 heavy (non-hydrogen) atoms. The predicted molar refractivity (Wildman–Crippen MR) is 128 cm³/mol. The van der Waals surface area contributed by atoms with Gasteiger partial charge in [-0.2, -0.15) is 0 Å². The molecule has 166 valence electrons. The van der Waals surface area contributed by atoms with Crippen molar-refractivity contribution in [2.75, 3.05) is 39.8 Å². The number of hydrogen-bond acceptors (Lipinski definition) is 4. The Balaban J connectivity index is 0.00000729. The highest BCUT2D eigenvalue weighted by Crippen LogP contribution is 2.10. The van der Waals surface area contributed by atoms with Crippen LogP contribution in [0.2, 0.25) is 0 Å². The number of nitrogens with one attached hydrogen (secondary N) is 3. The van der Waals surface area contributed by atoms with Crippen molar-refractivity contribution in [3.8, 4) is 0 Å². The molecule has 0 radical (unpaired) electrons. The van der Waals surface area contributed by atoms with Crippen LogP contribution < -0.4 is 16.0 Å². The second kappa shape index (κ2) is 13.5. The number of carbonyl (C=O) groups is 1. The van der Waals surface area contributed by atoms with Gasteiger partial charge in [-0.05, 0) is 73.5 Å². The van der Waals surface area contributed by atoms with E-state index in [1.54, 1.807) is 7.05 Å². The predicted octanol–water partition coefficient (Wildman–Crippen LogP) is 3.34. The lowest BCUT2D eigenvalue weighted by molar-refractivity contribution is 0.0474. The van der Waals surface area contributed by atoms with E-state index in [2.05, 4.69) is 25.8 Å². The maximum Gasteiger partial charge on any atom is 0.408 e. The molecule has 1 heterocycles. The summed E-state index contributed by atoms with van der Waals surface area (Å²) in [6.07, 6.45) is 6.10. The summed E-state index contributed by atoms with van der Waals surface area (Å²) in [4.78, 5) is 18.8. The van der Waals surface area contributed by atoms with E-state index in [1.165, 1.54) is 38.8 Å². The number of guanidine groups is 1. The molecule has 1 rings (SSSR count). The molecule has 0 aromatic heterocycles. The van der Waals surface area contributed by atoms with Crippen LogP contribution in [0, 0.1) is 0 Å². The van der Waals surface area contributed by atoms with Crippen LogP contribution in [0.15, 0.2) is 4.99 Å². The molecule has 3 N–H and O–H groups in total. The van der Waals surface area contributed by atoms with Gasteiger partial charge in [0.1, 0.15) is 5.60 Å². The molecule has 0 aromatic rings. The van der Waals surface area contributed by atoms with Gasteiger partial charge in [0.2, 0.25) is 0 Å². The van der Waals surface area contributed by atoms with Crippen molar-refractivity contribution in [3.05, 3.63) is 0 Å². The Morgan fingerprint density at radius 1 is 1.04 bits per heavy atom. The molecule has 0 aromatic carbocycles. The van der Waals surface area contributed by atoms with Crippen molar-refractivity contribution < 1.29 is 9.53 Å². The smallest absolute Gasteiger partial charge is 0.408 e. The minimum atomic E-state index is -0.501. The largest absolute Gasteiger partial charge is 0.444 e. The van der Waals surface area contributed by atoms with Crippen LogP contribution in [0.5, 0.6) is 0 Å². The zero-order chi connectivity index (χ0) is 20.3. The highest BCUT2D eigenvalue weighted by atomic mass is 127. The molecule has 1 aliphatic heterocycles. The molecular weight excluding hydrogens is 469 g/mol. The Morgan fingerprint density at radius 2 is 1.64 bits per heavy atom. The number of rotatable bonds is 7. The van der Waals surface area contributed by atoms with E-state index >= 15 is 0 Å². The summed E-state index contributed by atoms with van der Waals surface area (Å²) in [5.74, 6) is 0.755. The highest BCUT2D eigenvalue weighted by molar-refractivity contribution is 14.0. The van der Waals surface area contributed by atoms with E-state index in [0.717, 1.165) is 25.5 Å². The molecule has 0 unspecified atom stereocenters. The molecule has 7 nitrogen and oxygen atoms in total. The molecule has 0 atom stereocenters. The van der Waals surface area contributed by atoms with Gasteiger partial charge in [-0.15, -0.1) is 24.0 Å². The molecular formula is C20H42IN5O2. The number of halogens is 1. The summed E-state index contributed by atoms with van der Waals surface area (Å²) < 4.78 is 5.32. The van der Waals surface area contributed by atoms with E-state index in [4.69, 9.17) is 4.74 Å². The first-order valence-corrected chi connectivity index (χ1v) is 10.3. The molecule has 1 saturated heterocycles. The van der Waals surface area contributed by atoms with Gasteiger partial charge >= 0.3 is 6.09 Å². The van der Waals surface area contributed by atoms with Crippen molar-refractivity contribution in [1.82, 2.24) is 20.9 Å². The Hall–Kier alpha value is -0.770. The minimum Gasteiger partial charge on any atom is -0.444 e. The molecule has 8 heteroatoms. The second-order valence-electron chi connectivity index (χ2n) is 8.97. The van der Waals surface area contributed by atoms with E-state index in [-0.39, 0.29) is 24.0 Å². The van der Waals surface area contributed by atoms with Crippen molar-refractivity contribution in [1.29, 1.82) is 0 Å². The van der Waals surface area contributed by atoms with Crippen LogP contribution in [-0.4, -0.2) is 67.9 Å². The quantitative estimate of drug-likeness (QED) is 0.212. The van der Waals surface area contributed by atoms with Crippen LogP contribution in [-0.2, 0) is 4.74 Å². The monoisotopic (exact) mass is 511 g/mol. The summed E-state index contributed by atoms with van der Waals surface area (Å²) in [7, 11) is 1.76. The highest BCUT2D eigenvalue weighted by Gasteiger charge is 2.24. The van der Waals surface area contributed by atoms with Crippen LogP contribution in [0.3, 0.4) is 0 Å². The average molecular weight is 511 g/mol. The van der Waals surface area contributed by atoms with Gasteiger partial charge in [-0.1, -0.05) is 12.8 Å². The number of aliphatic imine (C=N–C) groups is 1. The molecule has 0 spiro atoms. The summed E-state index contributed by atoms with van der Waals surface area (Å²) in [5, 5.41) is 9.53. The lowest BCUT2D eigenvalue weighted by Gasteiger charge is -2.29. The molecule has 0 bridgehead atoms. The van der Waals surface area contributed by atoms with E-state index in [9.17, 15) is 4.79 Å². The summed E-state index contributed by atoms with van der Waals surface area (Å²) in [6.45, 7) is 14.5. The van der Waals surface area contributed by atoms with Gasteiger partial charge in [-0.25, -0.2) is 4.79 Å². The van der Waals surface area contributed by atoms with Gasteiger partial charge in [0.25, 0.3) is 0 Å².